The van der Waals surface area contributed by atoms with Crippen LogP contribution in [0.5, 0.6) is 5.75 Å². The Labute approximate surface area is 116 Å². The summed E-state index contributed by atoms with van der Waals surface area (Å²) >= 11 is 0. The zero-order valence-electron chi connectivity index (χ0n) is 11.8. The molecule has 6 heteroatoms. The van der Waals surface area contributed by atoms with Gasteiger partial charge in [0.15, 0.2) is 0 Å². The molecule has 1 aromatic heterocycles. The number of benzene rings is 1. The molecule has 0 aliphatic rings. The van der Waals surface area contributed by atoms with Gasteiger partial charge in [0.2, 0.25) is 5.91 Å². The number of likely N-dealkylation sites (N-methyl/N-ethyl adjacent to an activating group) is 1. The normalized spacial score (nSPS) is 10.8. The van der Waals surface area contributed by atoms with Gasteiger partial charge in [0.25, 0.3) is 5.56 Å². The summed E-state index contributed by atoms with van der Waals surface area (Å²) in [5, 5.41) is 9.78. The molecule has 1 amide bonds. The van der Waals surface area contributed by atoms with Crippen LogP contribution in [0, 0.1) is 6.92 Å². The molecule has 1 heterocycles. The van der Waals surface area contributed by atoms with Crippen molar-refractivity contribution in [1.82, 2.24) is 14.5 Å². The summed E-state index contributed by atoms with van der Waals surface area (Å²) in [6.45, 7) is 4.08. The lowest BCUT2D eigenvalue weighted by atomic mass is 10.2. The molecule has 0 bridgehead atoms. The lowest BCUT2D eigenvalue weighted by Crippen LogP contribution is -2.35. The first-order valence-electron chi connectivity index (χ1n) is 6.38. The van der Waals surface area contributed by atoms with Crippen molar-refractivity contribution in [3.05, 3.63) is 34.4 Å². The number of nitrogens with zero attached hydrogens (tertiary/aromatic N) is 3. The fourth-order valence-corrected chi connectivity index (χ4v) is 1.94. The number of rotatable bonds is 3. The molecule has 0 radical (unpaired) electrons. The van der Waals surface area contributed by atoms with Crippen LogP contribution < -0.4 is 5.56 Å². The quantitative estimate of drug-likeness (QED) is 0.902. The lowest BCUT2D eigenvalue weighted by Gasteiger charge is -2.16. The van der Waals surface area contributed by atoms with Crippen LogP contribution in [-0.2, 0) is 11.3 Å². The Morgan fingerprint density at radius 3 is 2.80 bits per heavy atom. The molecule has 106 valence electrons. The summed E-state index contributed by atoms with van der Waals surface area (Å²) < 4.78 is 1.33. The fourth-order valence-electron chi connectivity index (χ4n) is 1.94. The summed E-state index contributed by atoms with van der Waals surface area (Å²) in [5.74, 6) is 0.328. The molecule has 2 aromatic rings. The Bertz CT molecular complexity index is 721. The predicted octanol–water partition coefficient (Wildman–Crippen LogP) is 0.889. The Morgan fingerprint density at radius 1 is 1.45 bits per heavy atom. The fraction of sp³-hybridized carbons (Fsp3) is 0.357. The maximum Gasteiger partial charge on any atom is 0.261 e. The summed E-state index contributed by atoms with van der Waals surface area (Å²) in [6.07, 6.45) is 0. The van der Waals surface area contributed by atoms with E-state index in [1.165, 1.54) is 16.7 Å². The molecular formula is C14H17N3O3. The molecular weight excluding hydrogens is 258 g/mol. The molecule has 0 unspecified atom stereocenters. The standard InChI is InChI=1S/C14H17N3O3/c1-4-16(3)13(19)8-17-9(2)15-12-6-5-10(18)7-11(12)14(17)20/h5-7,18H,4,8H2,1-3H3. The van der Waals surface area contributed by atoms with E-state index < -0.39 is 0 Å². The van der Waals surface area contributed by atoms with Crippen molar-refractivity contribution >= 4 is 16.8 Å². The number of amides is 1. The first kappa shape index (κ1) is 14.0. The molecule has 6 nitrogen and oxygen atoms in total. The molecule has 0 aliphatic carbocycles. The predicted molar refractivity (Wildman–Crippen MR) is 75.7 cm³/mol. The largest absolute Gasteiger partial charge is 0.508 e. The van der Waals surface area contributed by atoms with Crippen LogP contribution in [0.2, 0.25) is 0 Å². The average molecular weight is 275 g/mol. The number of fused-ring (bicyclic) bond motifs is 1. The molecule has 1 aromatic carbocycles. The molecule has 0 saturated carbocycles. The van der Waals surface area contributed by atoms with Gasteiger partial charge in [-0.15, -0.1) is 0 Å². The summed E-state index contributed by atoms with van der Waals surface area (Å²) in [6, 6.07) is 4.44. The molecule has 0 saturated heterocycles. The van der Waals surface area contributed by atoms with Gasteiger partial charge in [0, 0.05) is 13.6 Å². The number of carbonyl (C=O) groups is 1. The summed E-state index contributed by atoms with van der Waals surface area (Å²) in [4.78, 5) is 30.2. The van der Waals surface area contributed by atoms with E-state index in [1.807, 2.05) is 6.92 Å². The number of aromatic hydroxyl groups is 1. The number of hydrogen-bond acceptors (Lipinski definition) is 4. The van der Waals surface area contributed by atoms with Gasteiger partial charge in [-0.25, -0.2) is 4.98 Å². The Kier molecular flexibility index (Phi) is 3.74. The first-order valence-corrected chi connectivity index (χ1v) is 6.38. The van der Waals surface area contributed by atoms with E-state index in [2.05, 4.69) is 4.98 Å². The summed E-state index contributed by atoms with van der Waals surface area (Å²) in [7, 11) is 1.68. The molecule has 0 fully saturated rings. The van der Waals surface area contributed by atoms with E-state index in [-0.39, 0.29) is 23.8 Å². The second kappa shape index (κ2) is 5.32. The number of carbonyl (C=O) groups excluding carboxylic acids is 1. The van der Waals surface area contributed by atoms with Gasteiger partial charge in [-0.2, -0.15) is 0 Å². The topological polar surface area (TPSA) is 75.4 Å². The van der Waals surface area contributed by atoms with Gasteiger partial charge in [-0.05, 0) is 32.0 Å². The third kappa shape index (κ3) is 2.49. The van der Waals surface area contributed by atoms with Gasteiger partial charge in [0.1, 0.15) is 18.1 Å². The van der Waals surface area contributed by atoms with Crippen LogP contribution in [-0.4, -0.2) is 39.1 Å². The maximum atomic E-state index is 12.4. The van der Waals surface area contributed by atoms with E-state index in [1.54, 1.807) is 24.9 Å². The average Bonchev–Trinajstić information content (AvgIpc) is 2.43. The monoisotopic (exact) mass is 275 g/mol. The smallest absolute Gasteiger partial charge is 0.261 e. The van der Waals surface area contributed by atoms with Crippen LogP contribution >= 0.6 is 0 Å². The number of aromatic nitrogens is 2. The van der Waals surface area contributed by atoms with Gasteiger partial charge in [-0.3, -0.25) is 14.2 Å². The molecule has 0 spiro atoms. The number of phenols is 1. The molecule has 0 aliphatic heterocycles. The molecule has 0 atom stereocenters. The van der Waals surface area contributed by atoms with Crippen molar-refractivity contribution in [2.45, 2.75) is 20.4 Å². The number of phenolic OH excluding ortho intramolecular Hbond substituents is 1. The van der Waals surface area contributed by atoms with Crippen molar-refractivity contribution in [1.29, 1.82) is 0 Å². The van der Waals surface area contributed by atoms with Gasteiger partial charge < -0.3 is 10.0 Å². The first-order chi connectivity index (χ1) is 9.43. The van der Waals surface area contributed by atoms with E-state index >= 15 is 0 Å². The van der Waals surface area contributed by atoms with Crippen molar-refractivity contribution in [3.8, 4) is 5.75 Å². The Morgan fingerprint density at radius 2 is 2.15 bits per heavy atom. The molecule has 2 rings (SSSR count). The van der Waals surface area contributed by atoms with Crippen molar-refractivity contribution in [2.24, 2.45) is 0 Å². The lowest BCUT2D eigenvalue weighted by molar-refractivity contribution is -0.130. The zero-order chi connectivity index (χ0) is 14.9. The third-order valence-electron chi connectivity index (χ3n) is 3.32. The zero-order valence-corrected chi connectivity index (χ0v) is 11.8. The van der Waals surface area contributed by atoms with Crippen LogP contribution in [0.4, 0.5) is 0 Å². The van der Waals surface area contributed by atoms with Gasteiger partial charge in [0.05, 0.1) is 10.9 Å². The minimum absolute atomic E-state index is 0.00352. The number of aryl methyl sites for hydroxylation is 1. The SMILES string of the molecule is CCN(C)C(=O)Cn1c(C)nc2ccc(O)cc2c1=O. The highest BCUT2D eigenvalue weighted by molar-refractivity contribution is 5.80. The number of hydrogen-bond donors (Lipinski definition) is 1. The Balaban J connectivity index is 2.54. The van der Waals surface area contributed by atoms with E-state index in [9.17, 15) is 14.7 Å². The van der Waals surface area contributed by atoms with Crippen molar-refractivity contribution in [3.63, 3.8) is 0 Å². The molecule has 20 heavy (non-hydrogen) atoms. The van der Waals surface area contributed by atoms with Crippen molar-refractivity contribution in [2.75, 3.05) is 13.6 Å². The van der Waals surface area contributed by atoms with Gasteiger partial charge >= 0.3 is 0 Å². The van der Waals surface area contributed by atoms with Crippen LogP contribution in [0.15, 0.2) is 23.0 Å². The van der Waals surface area contributed by atoms with Gasteiger partial charge in [-0.1, -0.05) is 0 Å². The highest BCUT2D eigenvalue weighted by atomic mass is 16.3. The van der Waals surface area contributed by atoms with Crippen LogP contribution in [0.3, 0.4) is 0 Å². The van der Waals surface area contributed by atoms with E-state index in [0.29, 0.717) is 23.3 Å². The van der Waals surface area contributed by atoms with E-state index in [0.717, 1.165) is 0 Å². The second-order valence-electron chi connectivity index (χ2n) is 4.66. The second-order valence-corrected chi connectivity index (χ2v) is 4.66. The minimum Gasteiger partial charge on any atom is -0.508 e. The highest BCUT2D eigenvalue weighted by Crippen LogP contribution is 2.15. The maximum absolute atomic E-state index is 12.4. The summed E-state index contributed by atoms with van der Waals surface area (Å²) in [5.41, 5.74) is 0.194. The van der Waals surface area contributed by atoms with Crippen molar-refractivity contribution < 1.29 is 9.90 Å². The highest BCUT2D eigenvalue weighted by Gasteiger charge is 2.13. The van der Waals surface area contributed by atoms with Crippen LogP contribution in [0.25, 0.3) is 10.9 Å². The minimum atomic E-state index is -0.318. The third-order valence-corrected chi connectivity index (χ3v) is 3.32. The molecule has 1 N–H and O–H groups in total. The van der Waals surface area contributed by atoms with Crippen LogP contribution in [0.1, 0.15) is 12.7 Å². The van der Waals surface area contributed by atoms with E-state index in [4.69, 9.17) is 0 Å². The Hall–Kier alpha value is -2.37.